The lowest BCUT2D eigenvalue weighted by Crippen LogP contribution is -2.08. The van der Waals surface area contributed by atoms with E-state index in [1.807, 2.05) is 6.92 Å². The maximum Gasteiger partial charge on any atom is 0.393 e. The highest BCUT2D eigenvalue weighted by atomic mass is 17.2. The summed E-state index contributed by atoms with van der Waals surface area (Å²) in [4.78, 5) is 20.1. The predicted molar refractivity (Wildman–Crippen MR) is 43.7 cm³/mol. The van der Waals surface area contributed by atoms with Crippen molar-refractivity contribution in [1.82, 2.24) is 10.2 Å². The Balaban J connectivity index is 2.40. The Labute approximate surface area is 75.6 Å². The molecule has 0 amide bonds. The third-order valence-corrected chi connectivity index (χ3v) is 1.20. The largest absolute Gasteiger partial charge is 0.393 e. The lowest BCUT2D eigenvalue weighted by molar-refractivity contribution is -0.240. The van der Waals surface area contributed by atoms with Crippen LogP contribution in [0.4, 0.5) is 0 Å². The smallest absolute Gasteiger partial charge is 0.291 e. The van der Waals surface area contributed by atoms with Gasteiger partial charge in [0.25, 0.3) is 0 Å². The van der Waals surface area contributed by atoms with Gasteiger partial charge in [0, 0.05) is 6.20 Å². The normalized spacial score (nSPS) is 9.62. The van der Waals surface area contributed by atoms with Crippen molar-refractivity contribution in [3.8, 4) is 0 Å². The topological polar surface area (TPSA) is 61.3 Å². The van der Waals surface area contributed by atoms with Crippen molar-refractivity contribution >= 4 is 5.97 Å². The SMILES string of the molecule is CCCOOC(=O)c1cccnn1. The van der Waals surface area contributed by atoms with Crippen molar-refractivity contribution in [2.24, 2.45) is 0 Å². The molecule has 1 heterocycles. The molecule has 70 valence electrons. The number of nitrogens with zero attached hydrogens (tertiary/aromatic N) is 2. The minimum atomic E-state index is -0.624. The summed E-state index contributed by atoms with van der Waals surface area (Å²) in [5.41, 5.74) is 0.138. The molecule has 5 heteroatoms. The first kappa shape index (κ1) is 9.60. The van der Waals surface area contributed by atoms with Crippen LogP contribution < -0.4 is 0 Å². The fraction of sp³-hybridized carbons (Fsp3) is 0.375. The molecule has 13 heavy (non-hydrogen) atoms. The average Bonchev–Trinajstić information content (AvgIpc) is 2.19. The van der Waals surface area contributed by atoms with E-state index in [0.29, 0.717) is 6.61 Å². The van der Waals surface area contributed by atoms with Gasteiger partial charge in [-0.2, -0.15) is 9.99 Å². The average molecular weight is 182 g/mol. The number of carbonyl (C=O) groups excluding carboxylic acids is 1. The molecule has 0 bridgehead atoms. The van der Waals surface area contributed by atoms with Gasteiger partial charge >= 0.3 is 5.97 Å². The Bertz CT molecular complexity index is 263. The van der Waals surface area contributed by atoms with Gasteiger partial charge in [-0.3, -0.25) is 4.89 Å². The number of aromatic nitrogens is 2. The highest BCUT2D eigenvalue weighted by molar-refractivity contribution is 5.86. The van der Waals surface area contributed by atoms with Crippen LogP contribution in [-0.2, 0) is 9.78 Å². The Morgan fingerprint density at radius 3 is 3.08 bits per heavy atom. The van der Waals surface area contributed by atoms with Crippen LogP contribution in [0.2, 0.25) is 0 Å². The van der Waals surface area contributed by atoms with E-state index in [4.69, 9.17) is 0 Å². The molecule has 0 aliphatic carbocycles. The quantitative estimate of drug-likeness (QED) is 0.394. The van der Waals surface area contributed by atoms with E-state index in [9.17, 15) is 4.79 Å². The third-order valence-electron chi connectivity index (χ3n) is 1.20. The number of carbonyl (C=O) groups is 1. The molecule has 1 aromatic rings. The van der Waals surface area contributed by atoms with Gasteiger partial charge in [0.2, 0.25) is 0 Å². The van der Waals surface area contributed by atoms with Crippen LogP contribution in [0.3, 0.4) is 0 Å². The van der Waals surface area contributed by atoms with E-state index in [1.165, 1.54) is 12.3 Å². The molecule has 1 rings (SSSR count). The second kappa shape index (κ2) is 5.21. The molecule has 0 aromatic carbocycles. The predicted octanol–water partition coefficient (Wildman–Crippen LogP) is 0.975. The van der Waals surface area contributed by atoms with Crippen molar-refractivity contribution < 1.29 is 14.6 Å². The van der Waals surface area contributed by atoms with Gasteiger partial charge in [-0.05, 0) is 18.6 Å². The summed E-state index contributed by atoms with van der Waals surface area (Å²) in [5, 5.41) is 7.08. The van der Waals surface area contributed by atoms with E-state index < -0.39 is 5.97 Å². The van der Waals surface area contributed by atoms with Crippen molar-refractivity contribution in [2.75, 3.05) is 6.61 Å². The zero-order chi connectivity index (χ0) is 9.52. The highest BCUT2D eigenvalue weighted by Gasteiger charge is 2.08. The Morgan fingerprint density at radius 2 is 2.46 bits per heavy atom. The summed E-state index contributed by atoms with van der Waals surface area (Å²) in [6.07, 6.45) is 2.26. The van der Waals surface area contributed by atoms with Gasteiger partial charge in [0.15, 0.2) is 5.69 Å². The van der Waals surface area contributed by atoms with Gasteiger partial charge in [-0.15, -0.1) is 5.10 Å². The third kappa shape index (κ3) is 3.16. The maximum atomic E-state index is 11.1. The van der Waals surface area contributed by atoms with E-state index >= 15 is 0 Å². The zero-order valence-corrected chi connectivity index (χ0v) is 7.27. The molecule has 0 spiro atoms. The summed E-state index contributed by atoms with van der Waals surface area (Å²) in [7, 11) is 0. The van der Waals surface area contributed by atoms with Gasteiger partial charge in [0.05, 0.1) is 6.61 Å². The first-order valence-corrected chi connectivity index (χ1v) is 3.96. The second-order valence-corrected chi connectivity index (χ2v) is 2.30. The van der Waals surface area contributed by atoms with Crippen molar-refractivity contribution in [3.63, 3.8) is 0 Å². The summed E-state index contributed by atoms with van der Waals surface area (Å²) < 4.78 is 0. The van der Waals surface area contributed by atoms with Crippen LogP contribution in [0.1, 0.15) is 23.8 Å². The Hall–Kier alpha value is -1.49. The van der Waals surface area contributed by atoms with Crippen LogP contribution in [-0.4, -0.2) is 22.8 Å². The van der Waals surface area contributed by atoms with E-state index in [0.717, 1.165) is 6.42 Å². The van der Waals surface area contributed by atoms with Crippen molar-refractivity contribution in [3.05, 3.63) is 24.0 Å². The minimum Gasteiger partial charge on any atom is -0.291 e. The molecule has 0 fully saturated rings. The molecule has 5 nitrogen and oxygen atoms in total. The van der Waals surface area contributed by atoms with Gasteiger partial charge in [-0.1, -0.05) is 6.92 Å². The minimum absolute atomic E-state index is 0.138. The summed E-state index contributed by atoms with van der Waals surface area (Å²) in [5.74, 6) is -0.624. The molecule has 0 saturated carbocycles. The molecule has 0 aliphatic rings. The molecular weight excluding hydrogens is 172 g/mol. The van der Waals surface area contributed by atoms with E-state index in [-0.39, 0.29) is 5.69 Å². The fourth-order valence-corrected chi connectivity index (χ4v) is 0.632. The first-order valence-electron chi connectivity index (χ1n) is 3.96. The van der Waals surface area contributed by atoms with Crippen LogP contribution >= 0.6 is 0 Å². The van der Waals surface area contributed by atoms with Crippen molar-refractivity contribution in [1.29, 1.82) is 0 Å². The Kier molecular flexibility index (Phi) is 3.84. The van der Waals surface area contributed by atoms with E-state index in [1.54, 1.807) is 6.07 Å². The first-order chi connectivity index (χ1) is 6.34. The maximum absolute atomic E-state index is 11.1. The molecule has 0 N–H and O–H groups in total. The van der Waals surface area contributed by atoms with Crippen LogP contribution in [0.15, 0.2) is 18.3 Å². The number of hydrogen-bond donors (Lipinski definition) is 0. The molecular formula is C8H10N2O3. The number of rotatable bonds is 4. The Morgan fingerprint density at radius 1 is 1.62 bits per heavy atom. The molecule has 0 atom stereocenters. The number of hydrogen-bond acceptors (Lipinski definition) is 5. The summed E-state index contributed by atoms with van der Waals surface area (Å²) in [6, 6.07) is 3.11. The molecule has 0 unspecified atom stereocenters. The second-order valence-electron chi connectivity index (χ2n) is 2.30. The zero-order valence-electron chi connectivity index (χ0n) is 7.27. The van der Waals surface area contributed by atoms with Crippen LogP contribution in [0.5, 0.6) is 0 Å². The van der Waals surface area contributed by atoms with Gasteiger partial charge in [0.1, 0.15) is 0 Å². The standard InChI is InChI=1S/C8H10N2O3/c1-2-6-12-13-8(11)7-4-3-5-9-10-7/h3-5H,2,6H2,1H3. The monoisotopic (exact) mass is 182 g/mol. The summed E-state index contributed by atoms with van der Waals surface area (Å²) in [6.45, 7) is 2.29. The van der Waals surface area contributed by atoms with Crippen molar-refractivity contribution in [2.45, 2.75) is 13.3 Å². The van der Waals surface area contributed by atoms with Gasteiger partial charge in [-0.25, -0.2) is 4.79 Å². The van der Waals surface area contributed by atoms with Gasteiger partial charge < -0.3 is 0 Å². The molecule has 0 saturated heterocycles. The lowest BCUT2D eigenvalue weighted by Gasteiger charge is -1.99. The van der Waals surface area contributed by atoms with E-state index in [2.05, 4.69) is 20.0 Å². The summed E-state index contributed by atoms with van der Waals surface area (Å²) >= 11 is 0. The van der Waals surface area contributed by atoms with Crippen LogP contribution in [0, 0.1) is 0 Å². The molecule has 0 aliphatic heterocycles. The molecule has 1 aromatic heterocycles. The fourth-order valence-electron chi connectivity index (χ4n) is 0.632. The lowest BCUT2D eigenvalue weighted by atomic mass is 10.4. The van der Waals surface area contributed by atoms with Crippen LogP contribution in [0.25, 0.3) is 0 Å². The highest BCUT2D eigenvalue weighted by Crippen LogP contribution is 1.95. The molecule has 0 radical (unpaired) electrons.